The molecule has 0 aliphatic rings. The van der Waals surface area contributed by atoms with Crippen LogP contribution in [0.2, 0.25) is 0 Å². The minimum Gasteiger partial charge on any atom is -0.294 e. The Labute approximate surface area is 118 Å². The number of aryl methyl sites for hydroxylation is 2. The zero-order valence-electron chi connectivity index (χ0n) is 12.0. The largest absolute Gasteiger partial charge is 0.294 e. The van der Waals surface area contributed by atoms with Gasteiger partial charge in [0.15, 0.2) is 5.82 Å². The molecular weight excluding hydrogens is 276 g/mol. The average molecular weight is 294 g/mol. The molecule has 0 aliphatic heterocycles. The van der Waals surface area contributed by atoms with Gasteiger partial charge in [-0.15, -0.1) is 10.2 Å². The number of hydrogen-bond acceptors (Lipinski definition) is 4. The van der Waals surface area contributed by atoms with E-state index in [4.69, 9.17) is 5.14 Å². The molecule has 0 bridgehead atoms. The molecule has 1 heterocycles. The molecule has 1 aromatic heterocycles. The summed E-state index contributed by atoms with van der Waals surface area (Å²) in [5, 5.41) is 12.8. The molecule has 0 amide bonds. The first-order valence-corrected chi connectivity index (χ1v) is 7.82. The lowest BCUT2D eigenvalue weighted by Crippen LogP contribution is -2.20. The second-order valence-corrected chi connectivity index (χ2v) is 6.54. The SMILES string of the molecule is Cc1cccc(C)c1-c1nnc(S(N)(=O)=O)n1C(C)C. The van der Waals surface area contributed by atoms with Crippen LogP contribution in [0.3, 0.4) is 0 Å². The second-order valence-electron chi connectivity index (χ2n) is 5.08. The lowest BCUT2D eigenvalue weighted by atomic mass is 10.0. The molecule has 0 radical (unpaired) electrons. The van der Waals surface area contributed by atoms with Crippen molar-refractivity contribution < 1.29 is 8.42 Å². The van der Waals surface area contributed by atoms with E-state index >= 15 is 0 Å². The first-order valence-electron chi connectivity index (χ1n) is 6.27. The predicted molar refractivity (Wildman–Crippen MR) is 76.7 cm³/mol. The first-order chi connectivity index (χ1) is 9.23. The highest BCUT2D eigenvalue weighted by Crippen LogP contribution is 2.29. The molecule has 0 spiro atoms. The number of aromatic nitrogens is 3. The van der Waals surface area contributed by atoms with Crippen molar-refractivity contribution in [2.45, 2.75) is 38.9 Å². The van der Waals surface area contributed by atoms with Crippen LogP contribution >= 0.6 is 0 Å². The van der Waals surface area contributed by atoms with E-state index in [1.165, 1.54) is 0 Å². The van der Waals surface area contributed by atoms with Crippen LogP contribution in [0.5, 0.6) is 0 Å². The fraction of sp³-hybridized carbons (Fsp3) is 0.385. The molecule has 0 unspecified atom stereocenters. The van der Waals surface area contributed by atoms with Crippen molar-refractivity contribution in [3.05, 3.63) is 29.3 Å². The molecule has 20 heavy (non-hydrogen) atoms. The van der Waals surface area contributed by atoms with Gasteiger partial charge in [-0.25, -0.2) is 13.6 Å². The van der Waals surface area contributed by atoms with Crippen LogP contribution in [0, 0.1) is 13.8 Å². The highest BCUT2D eigenvalue weighted by Gasteiger charge is 2.25. The summed E-state index contributed by atoms with van der Waals surface area (Å²) in [7, 11) is -3.90. The maximum atomic E-state index is 11.6. The number of nitrogens with zero attached hydrogens (tertiary/aromatic N) is 3. The number of sulfonamides is 1. The van der Waals surface area contributed by atoms with Gasteiger partial charge >= 0.3 is 0 Å². The molecule has 0 saturated carbocycles. The molecule has 0 fully saturated rings. The van der Waals surface area contributed by atoms with Gasteiger partial charge < -0.3 is 0 Å². The maximum absolute atomic E-state index is 11.6. The van der Waals surface area contributed by atoms with Gasteiger partial charge in [0.05, 0.1) is 0 Å². The number of rotatable bonds is 3. The molecule has 0 aliphatic carbocycles. The molecule has 2 N–H and O–H groups in total. The minimum atomic E-state index is -3.90. The Morgan fingerprint density at radius 3 is 2.15 bits per heavy atom. The van der Waals surface area contributed by atoms with E-state index in [1.54, 1.807) is 4.57 Å². The quantitative estimate of drug-likeness (QED) is 0.934. The number of nitrogens with two attached hydrogens (primary N) is 1. The molecule has 0 saturated heterocycles. The van der Waals surface area contributed by atoms with Gasteiger partial charge in [-0.3, -0.25) is 4.57 Å². The van der Waals surface area contributed by atoms with Gasteiger partial charge in [0.2, 0.25) is 0 Å². The summed E-state index contributed by atoms with van der Waals surface area (Å²) >= 11 is 0. The van der Waals surface area contributed by atoms with E-state index in [0.29, 0.717) is 5.82 Å². The summed E-state index contributed by atoms with van der Waals surface area (Å²) in [6.07, 6.45) is 0. The summed E-state index contributed by atoms with van der Waals surface area (Å²) in [6.45, 7) is 7.65. The second kappa shape index (κ2) is 4.99. The zero-order valence-corrected chi connectivity index (χ0v) is 12.8. The van der Waals surface area contributed by atoms with Crippen molar-refractivity contribution in [2.24, 2.45) is 5.14 Å². The summed E-state index contributed by atoms with van der Waals surface area (Å²) in [4.78, 5) is 0. The number of primary sulfonamides is 1. The van der Waals surface area contributed by atoms with Crippen LogP contribution < -0.4 is 5.14 Å². The number of benzene rings is 1. The third-order valence-corrected chi connectivity index (χ3v) is 3.93. The topological polar surface area (TPSA) is 90.9 Å². The van der Waals surface area contributed by atoms with E-state index in [9.17, 15) is 8.42 Å². The van der Waals surface area contributed by atoms with E-state index in [0.717, 1.165) is 16.7 Å². The van der Waals surface area contributed by atoms with Crippen molar-refractivity contribution in [3.63, 3.8) is 0 Å². The van der Waals surface area contributed by atoms with Crippen molar-refractivity contribution in [1.29, 1.82) is 0 Å². The van der Waals surface area contributed by atoms with E-state index in [2.05, 4.69) is 10.2 Å². The highest BCUT2D eigenvalue weighted by atomic mass is 32.2. The first kappa shape index (κ1) is 14.7. The van der Waals surface area contributed by atoms with E-state index in [1.807, 2.05) is 45.9 Å². The molecule has 0 atom stereocenters. The van der Waals surface area contributed by atoms with Gasteiger partial charge in [0.1, 0.15) is 0 Å². The normalized spacial score (nSPS) is 12.1. The average Bonchev–Trinajstić information content (AvgIpc) is 2.73. The van der Waals surface area contributed by atoms with Gasteiger partial charge in [-0.05, 0) is 38.8 Å². The Balaban J connectivity index is 2.80. The Hall–Kier alpha value is -1.73. The Morgan fingerprint density at radius 2 is 1.70 bits per heavy atom. The Morgan fingerprint density at radius 1 is 1.15 bits per heavy atom. The molecule has 1 aromatic carbocycles. The summed E-state index contributed by atoms with van der Waals surface area (Å²) in [6, 6.07) is 5.74. The molecular formula is C13H18N4O2S. The lowest BCUT2D eigenvalue weighted by Gasteiger charge is -2.15. The molecule has 2 aromatic rings. The Kier molecular flexibility index (Phi) is 3.66. The van der Waals surface area contributed by atoms with Crippen LogP contribution in [0.4, 0.5) is 0 Å². The van der Waals surface area contributed by atoms with Gasteiger partial charge in [0.25, 0.3) is 15.2 Å². The van der Waals surface area contributed by atoms with E-state index < -0.39 is 10.0 Å². The smallest absolute Gasteiger partial charge is 0.273 e. The van der Waals surface area contributed by atoms with Gasteiger partial charge in [-0.1, -0.05) is 18.2 Å². The predicted octanol–water partition coefficient (Wildman–Crippen LogP) is 1.79. The van der Waals surface area contributed by atoms with Crippen LogP contribution in [0.1, 0.15) is 31.0 Å². The highest BCUT2D eigenvalue weighted by molar-refractivity contribution is 7.89. The van der Waals surface area contributed by atoms with Crippen LogP contribution in [0.15, 0.2) is 23.4 Å². The van der Waals surface area contributed by atoms with Crippen molar-refractivity contribution in [1.82, 2.24) is 14.8 Å². The standard InChI is InChI=1S/C13H18N4O2S/c1-8(2)17-12(15-16-13(17)20(14,18)19)11-9(3)6-5-7-10(11)4/h5-8H,1-4H3,(H2,14,18,19). The molecule has 2 rings (SSSR count). The summed E-state index contributed by atoms with van der Waals surface area (Å²) < 4.78 is 24.8. The molecule has 108 valence electrons. The molecule has 7 heteroatoms. The van der Waals surface area contributed by atoms with Crippen molar-refractivity contribution >= 4 is 10.0 Å². The monoisotopic (exact) mass is 294 g/mol. The maximum Gasteiger partial charge on any atom is 0.273 e. The third kappa shape index (κ3) is 2.46. The fourth-order valence-electron chi connectivity index (χ4n) is 2.27. The summed E-state index contributed by atoms with van der Waals surface area (Å²) in [5.74, 6) is 0.527. The van der Waals surface area contributed by atoms with Crippen LogP contribution in [0.25, 0.3) is 11.4 Å². The number of hydrogen-bond donors (Lipinski definition) is 1. The minimum absolute atomic E-state index is 0.118. The zero-order chi connectivity index (χ0) is 15.1. The van der Waals surface area contributed by atoms with Crippen LogP contribution in [-0.4, -0.2) is 23.2 Å². The lowest BCUT2D eigenvalue weighted by molar-refractivity contribution is 0.524. The van der Waals surface area contributed by atoms with Crippen LogP contribution in [-0.2, 0) is 10.0 Å². The van der Waals surface area contributed by atoms with Gasteiger partial charge in [0, 0.05) is 11.6 Å². The molecule has 6 nitrogen and oxygen atoms in total. The Bertz CT molecular complexity index is 727. The van der Waals surface area contributed by atoms with Crippen molar-refractivity contribution in [2.75, 3.05) is 0 Å². The fourth-order valence-corrected chi connectivity index (χ4v) is 3.00. The summed E-state index contributed by atoms with van der Waals surface area (Å²) in [5.41, 5.74) is 2.92. The van der Waals surface area contributed by atoms with Crippen molar-refractivity contribution in [3.8, 4) is 11.4 Å². The third-order valence-electron chi connectivity index (χ3n) is 3.14. The van der Waals surface area contributed by atoms with E-state index in [-0.39, 0.29) is 11.2 Å². The van der Waals surface area contributed by atoms with Gasteiger partial charge in [-0.2, -0.15) is 0 Å².